The molecule has 0 heterocycles. The number of rotatable bonds is 3. The highest BCUT2D eigenvalue weighted by Crippen LogP contribution is 2.31. The highest BCUT2D eigenvalue weighted by molar-refractivity contribution is 14.1. The number of carbonyl (C=O) groups excluding carboxylic acids is 1. The van der Waals surface area contributed by atoms with Gasteiger partial charge in [-0.05, 0) is 78.5 Å². The van der Waals surface area contributed by atoms with E-state index in [2.05, 4.69) is 34.8 Å². The zero-order valence-corrected chi connectivity index (χ0v) is 13.3. The van der Waals surface area contributed by atoms with Crippen LogP contribution in [-0.4, -0.2) is 23.2 Å². The van der Waals surface area contributed by atoms with E-state index in [-0.39, 0.29) is 12.5 Å². The van der Waals surface area contributed by atoms with Crippen molar-refractivity contribution in [3.05, 3.63) is 33.4 Å². The first-order valence-corrected chi connectivity index (χ1v) is 7.81. The molecule has 0 aliphatic heterocycles. The molecule has 0 radical (unpaired) electrons. The van der Waals surface area contributed by atoms with Crippen molar-refractivity contribution in [2.24, 2.45) is 5.92 Å². The number of halogens is 1. The number of nitrogens with one attached hydrogen (secondary N) is 1. The van der Waals surface area contributed by atoms with Crippen molar-refractivity contribution < 1.29 is 9.90 Å². The minimum absolute atomic E-state index is 0.0236. The lowest BCUT2D eigenvalue weighted by Gasteiger charge is -2.38. The minimum atomic E-state index is -0.424. The molecule has 19 heavy (non-hydrogen) atoms. The first-order chi connectivity index (χ1) is 9.04. The van der Waals surface area contributed by atoms with Crippen molar-refractivity contribution in [1.29, 1.82) is 0 Å². The highest BCUT2D eigenvalue weighted by Gasteiger charge is 2.35. The molecular weight excluding hydrogens is 353 g/mol. The lowest BCUT2D eigenvalue weighted by Crippen LogP contribution is -2.53. The largest absolute Gasteiger partial charge is 0.394 e. The van der Waals surface area contributed by atoms with Crippen molar-refractivity contribution in [1.82, 2.24) is 5.32 Å². The van der Waals surface area contributed by atoms with Crippen molar-refractivity contribution in [2.45, 2.75) is 38.1 Å². The number of aliphatic hydroxyl groups excluding tert-OH is 1. The lowest BCUT2D eigenvalue weighted by molar-refractivity contribution is 0.0717. The van der Waals surface area contributed by atoms with Crippen molar-refractivity contribution in [2.75, 3.05) is 6.61 Å². The van der Waals surface area contributed by atoms with Crippen LogP contribution in [0.1, 0.15) is 43.0 Å². The number of hydrogen-bond acceptors (Lipinski definition) is 2. The van der Waals surface area contributed by atoms with Gasteiger partial charge in [-0.3, -0.25) is 4.79 Å². The minimum Gasteiger partial charge on any atom is -0.394 e. The fourth-order valence-corrected chi connectivity index (χ4v) is 2.91. The van der Waals surface area contributed by atoms with Crippen LogP contribution in [0.2, 0.25) is 0 Å². The van der Waals surface area contributed by atoms with Crippen LogP contribution in [0.3, 0.4) is 0 Å². The number of carbonyl (C=O) groups is 1. The van der Waals surface area contributed by atoms with Gasteiger partial charge in [0.1, 0.15) is 0 Å². The van der Waals surface area contributed by atoms with Gasteiger partial charge in [0.25, 0.3) is 5.91 Å². The average molecular weight is 373 g/mol. The molecule has 1 amide bonds. The Morgan fingerprint density at radius 1 is 1.37 bits per heavy atom. The number of hydrogen-bond donors (Lipinski definition) is 2. The number of aliphatic hydroxyl groups is 1. The van der Waals surface area contributed by atoms with E-state index in [1.165, 1.54) is 0 Å². The Hall–Kier alpha value is -0.620. The normalized spacial score (nSPS) is 27.0. The third-order valence-corrected chi connectivity index (χ3v) is 4.74. The lowest BCUT2D eigenvalue weighted by atomic mass is 9.77. The Morgan fingerprint density at radius 3 is 2.47 bits per heavy atom. The van der Waals surface area contributed by atoms with Gasteiger partial charge < -0.3 is 10.4 Å². The molecule has 1 fully saturated rings. The molecule has 3 nitrogen and oxygen atoms in total. The van der Waals surface area contributed by atoms with Crippen LogP contribution in [0.5, 0.6) is 0 Å². The summed E-state index contributed by atoms with van der Waals surface area (Å²) >= 11 is 2.22. The SMILES string of the molecule is CC1CCC(CO)(NC(=O)c2ccc(I)cc2)CC1. The van der Waals surface area contributed by atoms with E-state index >= 15 is 0 Å². The molecule has 104 valence electrons. The van der Waals surface area contributed by atoms with Crippen LogP contribution in [0, 0.1) is 9.49 Å². The summed E-state index contributed by atoms with van der Waals surface area (Å²) in [6.07, 6.45) is 3.85. The maximum Gasteiger partial charge on any atom is 0.251 e. The molecule has 0 atom stereocenters. The average Bonchev–Trinajstić information content (AvgIpc) is 2.42. The zero-order chi connectivity index (χ0) is 13.9. The van der Waals surface area contributed by atoms with Gasteiger partial charge in [0.2, 0.25) is 0 Å². The van der Waals surface area contributed by atoms with Gasteiger partial charge in [0, 0.05) is 9.13 Å². The maximum atomic E-state index is 12.2. The molecule has 0 bridgehead atoms. The topological polar surface area (TPSA) is 49.3 Å². The number of amides is 1. The molecule has 2 N–H and O–H groups in total. The maximum absolute atomic E-state index is 12.2. The summed E-state index contributed by atoms with van der Waals surface area (Å²) in [7, 11) is 0. The van der Waals surface area contributed by atoms with Gasteiger partial charge in [-0.2, -0.15) is 0 Å². The Labute approximate surface area is 127 Å². The van der Waals surface area contributed by atoms with Gasteiger partial charge in [0.05, 0.1) is 12.1 Å². The van der Waals surface area contributed by atoms with Crippen LogP contribution in [0.15, 0.2) is 24.3 Å². The van der Waals surface area contributed by atoms with E-state index in [4.69, 9.17) is 0 Å². The van der Waals surface area contributed by atoms with Crippen LogP contribution < -0.4 is 5.32 Å². The summed E-state index contributed by atoms with van der Waals surface area (Å²) in [5.41, 5.74) is 0.235. The molecule has 1 saturated carbocycles. The highest BCUT2D eigenvalue weighted by atomic mass is 127. The van der Waals surface area contributed by atoms with Crippen LogP contribution in [0.4, 0.5) is 0 Å². The fraction of sp³-hybridized carbons (Fsp3) is 0.533. The molecule has 1 aliphatic rings. The van der Waals surface area contributed by atoms with Gasteiger partial charge in [-0.25, -0.2) is 0 Å². The smallest absolute Gasteiger partial charge is 0.251 e. The predicted molar refractivity (Wildman–Crippen MR) is 84.1 cm³/mol. The van der Waals surface area contributed by atoms with Gasteiger partial charge >= 0.3 is 0 Å². The Balaban J connectivity index is 2.06. The third-order valence-electron chi connectivity index (χ3n) is 4.02. The van der Waals surface area contributed by atoms with Gasteiger partial charge in [-0.1, -0.05) is 6.92 Å². The third kappa shape index (κ3) is 3.69. The molecule has 0 unspecified atom stereocenters. The van der Waals surface area contributed by atoms with E-state index < -0.39 is 5.54 Å². The van der Waals surface area contributed by atoms with E-state index in [9.17, 15) is 9.90 Å². The number of benzene rings is 1. The van der Waals surface area contributed by atoms with Gasteiger partial charge in [0.15, 0.2) is 0 Å². The first-order valence-electron chi connectivity index (χ1n) is 6.74. The van der Waals surface area contributed by atoms with E-state index in [0.29, 0.717) is 11.5 Å². The summed E-state index contributed by atoms with van der Waals surface area (Å²) in [5, 5.41) is 12.7. The molecule has 4 heteroatoms. The first kappa shape index (κ1) is 14.8. The fourth-order valence-electron chi connectivity index (χ4n) is 2.55. The predicted octanol–water partition coefficient (Wildman–Crippen LogP) is 2.96. The van der Waals surface area contributed by atoms with Crippen LogP contribution in [-0.2, 0) is 0 Å². The zero-order valence-electron chi connectivity index (χ0n) is 11.2. The van der Waals surface area contributed by atoms with Crippen molar-refractivity contribution >= 4 is 28.5 Å². The Morgan fingerprint density at radius 2 is 1.95 bits per heavy atom. The molecule has 1 aromatic carbocycles. The van der Waals surface area contributed by atoms with Crippen LogP contribution >= 0.6 is 22.6 Å². The molecule has 1 aromatic rings. The summed E-state index contributed by atoms with van der Waals surface area (Å²) < 4.78 is 1.11. The molecular formula is C15H20INO2. The summed E-state index contributed by atoms with van der Waals surface area (Å²) in [6.45, 7) is 2.25. The summed E-state index contributed by atoms with van der Waals surface area (Å²) in [4.78, 5) is 12.2. The van der Waals surface area contributed by atoms with Crippen molar-refractivity contribution in [3.8, 4) is 0 Å². The quantitative estimate of drug-likeness (QED) is 0.801. The van der Waals surface area contributed by atoms with E-state index in [0.717, 1.165) is 29.3 Å². The van der Waals surface area contributed by atoms with Crippen molar-refractivity contribution in [3.63, 3.8) is 0 Å². The second-order valence-electron chi connectivity index (χ2n) is 5.58. The Bertz CT molecular complexity index is 436. The van der Waals surface area contributed by atoms with Gasteiger partial charge in [-0.15, -0.1) is 0 Å². The van der Waals surface area contributed by atoms with E-state index in [1.807, 2.05) is 24.3 Å². The second-order valence-corrected chi connectivity index (χ2v) is 6.83. The molecule has 0 saturated heterocycles. The molecule has 0 aromatic heterocycles. The monoisotopic (exact) mass is 373 g/mol. The summed E-state index contributed by atoms with van der Waals surface area (Å²) in [5.74, 6) is 0.606. The molecule has 1 aliphatic carbocycles. The van der Waals surface area contributed by atoms with E-state index in [1.54, 1.807) is 0 Å². The standard InChI is InChI=1S/C15H20INO2/c1-11-6-8-15(10-18,9-7-11)17-14(19)12-2-4-13(16)5-3-12/h2-5,11,18H,6-10H2,1H3,(H,17,19). The molecule has 2 rings (SSSR count). The Kier molecular flexibility index (Phi) is 4.84. The van der Waals surface area contributed by atoms with Crippen LogP contribution in [0.25, 0.3) is 0 Å². The second kappa shape index (κ2) is 6.22. The molecule has 0 spiro atoms. The summed E-state index contributed by atoms with van der Waals surface area (Å²) in [6, 6.07) is 7.50.